The molecular weight excluding hydrogens is 587 g/mol. The number of rotatable bonds is 6. The predicted octanol–water partition coefficient (Wildman–Crippen LogP) is 6.48. The second kappa shape index (κ2) is 11.0. The molecule has 0 radical (unpaired) electrons. The van der Waals surface area contributed by atoms with E-state index in [4.69, 9.17) is 44.9 Å². The lowest BCUT2D eigenvalue weighted by molar-refractivity contribution is -0.122. The Morgan fingerprint density at radius 2 is 1.81 bits per heavy atom. The molecule has 0 bridgehead atoms. The maximum atomic E-state index is 13.4. The van der Waals surface area contributed by atoms with Crippen LogP contribution in [0.1, 0.15) is 16.7 Å². The largest absolute Gasteiger partial charge is 0.493 e. The minimum atomic E-state index is -0.640. The summed E-state index contributed by atoms with van der Waals surface area (Å²) in [4.78, 5) is 27.2. The molecule has 0 unspecified atom stereocenters. The van der Waals surface area contributed by atoms with Crippen molar-refractivity contribution in [2.45, 2.75) is 13.5 Å². The molecule has 1 aliphatic heterocycles. The van der Waals surface area contributed by atoms with Gasteiger partial charge in [-0.05, 0) is 60.6 Å². The minimum absolute atomic E-state index is 0.0946. The molecule has 4 rings (SSSR count). The molecule has 184 valence electrons. The van der Waals surface area contributed by atoms with Crippen molar-refractivity contribution >= 4 is 80.0 Å². The van der Waals surface area contributed by atoms with Crippen molar-refractivity contribution < 1.29 is 19.1 Å². The number of aryl methyl sites for hydroxylation is 1. The first kappa shape index (κ1) is 26.2. The van der Waals surface area contributed by atoms with Crippen LogP contribution in [0.5, 0.6) is 11.5 Å². The number of carbonyl (C=O) groups excluding carboxylic acids is 2. The molecule has 36 heavy (non-hydrogen) atoms. The molecular formula is C26H19BrCl2N2O4S. The Bertz CT molecular complexity index is 1410. The number of benzene rings is 3. The van der Waals surface area contributed by atoms with Crippen LogP contribution in [-0.2, 0) is 16.2 Å². The van der Waals surface area contributed by atoms with Gasteiger partial charge in [-0.15, -0.1) is 0 Å². The highest BCUT2D eigenvalue weighted by atomic mass is 79.9. The fraction of sp³-hybridized carbons (Fsp3) is 0.115. The summed E-state index contributed by atoms with van der Waals surface area (Å²) in [5.74, 6) is -0.338. The van der Waals surface area contributed by atoms with Gasteiger partial charge >= 0.3 is 0 Å². The molecule has 1 aliphatic rings. The number of thiocarbonyl (C=S) groups is 1. The zero-order chi connectivity index (χ0) is 26.0. The van der Waals surface area contributed by atoms with Crippen molar-refractivity contribution in [3.63, 3.8) is 0 Å². The van der Waals surface area contributed by atoms with Crippen LogP contribution in [0, 0.1) is 6.92 Å². The van der Waals surface area contributed by atoms with Crippen LogP contribution < -0.4 is 19.7 Å². The third-order valence-electron chi connectivity index (χ3n) is 5.37. The van der Waals surface area contributed by atoms with Crippen LogP contribution in [-0.4, -0.2) is 24.0 Å². The van der Waals surface area contributed by atoms with E-state index >= 15 is 0 Å². The van der Waals surface area contributed by atoms with Gasteiger partial charge in [-0.2, -0.15) is 0 Å². The topological polar surface area (TPSA) is 67.9 Å². The number of hydrogen-bond donors (Lipinski definition) is 1. The van der Waals surface area contributed by atoms with Gasteiger partial charge < -0.3 is 9.47 Å². The van der Waals surface area contributed by atoms with E-state index in [0.717, 1.165) is 16.0 Å². The van der Waals surface area contributed by atoms with Gasteiger partial charge in [-0.1, -0.05) is 75.0 Å². The lowest BCUT2D eigenvalue weighted by atomic mass is 10.1. The lowest BCUT2D eigenvalue weighted by Gasteiger charge is -2.29. The summed E-state index contributed by atoms with van der Waals surface area (Å²) in [6.45, 7) is 2.36. The van der Waals surface area contributed by atoms with Crippen molar-refractivity contribution in [3.05, 3.63) is 91.4 Å². The van der Waals surface area contributed by atoms with Crippen LogP contribution in [0.25, 0.3) is 6.08 Å². The number of methoxy groups -OCH3 is 1. The van der Waals surface area contributed by atoms with E-state index in [9.17, 15) is 9.59 Å². The molecule has 6 nitrogen and oxygen atoms in total. The Kier molecular flexibility index (Phi) is 8.00. The molecule has 0 atom stereocenters. The summed E-state index contributed by atoms with van der Waals surface area (Å²) < 4.78 is 12.1. The van der Waals surface area contributed by atoms with Gasteiger partial charge in [-0.3, -0.25) is 19.8 Å². The Balaban J connectivity index is 1.66. The zero-order valence-corrected chi connectivity index (χ0v) is 23.0. The number of anilines is 1. The second-order valence-electron chi connectivity index (χ2n) is 7.83. The average molecular weight is 606 g/mol. The summed E-state index contributed by atoms with van der Waals surface area (Å²) in [7, 11) is 1.51. The summed E-state index contributed by atoms with van der Waals surface area (Å²) in [5, 5.41) is 2.83. The maximum Gasteiger partial charge on any atom is 0.270 e. The Morgan fingerprint density at radius 1 is 1.08 bits per heavy atom. The van der Waals surface area contributed by atoms with Gasteiger partial charge in [-0.25, -0.2) is 0 Å². The van der Waals surface area contributed by atoms with Crippen molar-refractivity contribution in [2.24, 2.45) is 0 Å². The molecule has 2 amide bonds. The van der Waals surface area contributed by atoms with Gasteiger partial charge in [0.05, 0.1) is 22.8 Å². The van der Waals surface area contributed by atoms with E-state index in [-0.39, 0.29) is 26.4 Å². The van der Waals surface area contributed by atoms with Gasteiger partial charge in [0.2, 0.25) is 0 Å². The first-order valence-electron chi connectivity index (χ1n) is 10.6. The number of ether oxygens (including phenoxy) is 2. The minimum Gasteiger partial charge on any atom is -0.493 e. The Hall–Kier alpha value is -2.91. The SMILES string of the molecule is COc1cc(/C=C2\C(=O)NC(=S)N(c3cccc(Cl)c3Cl)C2=O)c(Br)cc1OCc1ccc(C)cc1. The Morgan fingerprint density at radius 3 is 2.50 bits per heavy atom. The quantitative estimate of drug-likeness (QED) is 0.198. The first-order chi connectivity index (χ1) is 17.2. The number of carbonyl (C=O) groups is 2. The van der Waals surface area contributed by atoms with Crippen LogP contribution in [0.3, 0.4) is 0 Å². The number of hydrogen-bond acceptors (Lipinski definition) is 5. The normalized spacial score (nSPS) is 14.8. The van der Waals surface area contributed by atoms with E-state index in [1.165, 1.54) is 13.2 Å². The molecule has 0 aliphatic carbocycles. The van der Waals surface area contributed by atoms with E-state index in [1.807, 2.05) is 31.2 Å². The lowest BCUT2D eigenvalue weighted by Crippen LogP contribution is -2.54. The molecule has 0 spiro atoms. The molecule has 3 aromatic rings. The van der Waals surface area contributed by atoms with E-state index in [2.05, 4.69) is 21.2 Å². The summed E-state index contributed by atoms with van der Waals surface area (Å²) in [6, 6.07) is 16.2. The van der Waals surface area contributed by atoms with Gasteiger partial charge in [0, 0.05) is 4.47 Å². The molecule has 10 heteroatoms. The second-order valence-corrected chi connectivity index (χ2v) is 9.86. The van der Waals surface area contributed by atoms with Crippen LogP contribution >= 0.6 is 51.3 Å². The molecule has 1 N–H and O–H groups in total. The monoisotopic (exact) mass is 604 g/mol. The van der Waals surface area contributed by atoms with Gasteiger partial charge in [0.25, 0.3) is 11.8 Å². The highest BCUT2D eigenvalue weighted by molar-refractivity contribution is 9.10. The fourth-order valence-electron chi connectivity index (χ4n) is 3.48. The molecule has 0 aromatic heterocycles. The van der Waals surface area contributed by atoms with Gasteiger partial charge in [0.15, 0.2) is 16.6 Å². The zero-order valence-electron chi connectivity index (χ0n) is 19.1. The molecule has 3 aromatic carbocycles. The summed E-state index contributed by atoms with van der Waals surface area (Å²) in [5.41, 5.74) is 2.81. The molecule has 1 heterocycles. The van der Waals surface area contributed by atoms with E-state index < -0.39 is 11.8 Å². The Labute approximate surface area is 231 Å². The molecule has 1 saturated heterocycles. The number of nitrogens with one attached hydrogen (secondary N) is 1. The van der Waals surface area contributed by atoms with Crippen molar-refractivity contribution in [2.75, 3.05) is 12.0 Å². The smallest absolute Gasteiger partial charge is 0.270 e. The number of halogens is 3. The van der Waals surface area contributed by atoms with Crippen LogP contribution in [0.2, 0.25) is 10.0 Å². The third-order valence-corrected chi connectivity index (χ3v) is 7.15. The summed E-state index contributed by atoms with van der Waals surface area (Å²) in [6.07, 6.45) is 1.45. The molecule has 1 fully saturated rings. The first-order valence-corrected chi connectivity index (χ1v) is 12.6. The standard InChI is InChI=1S/C26H19BrCl2N2O4S/c1-14-6-8-15(9-7-14)13-35-22-12-18(27)16(11-21(22)34-2)10-17-24(32)30-26(36)31(25(17)33)20-5-3-4-19(28)23(20)29/h3-12H,13H2,1-2H3,(H,30,32,36)/b17-10+. The van der Waals surface area contributed by atoms with Crippen LogP contribution in [0.4, 0.5) is 5.69 Å². The van der Waals surface area contributed by atoms with Gasteiger partial charge in [0.1, 0.15) is 12.2 Å². The average Bonchev–Trinajstić information content (AvgIpc) is 2.84. The van der Waals surface area contributed by atoms with E-state index in [0.29, 0.717) is 28.1 Å². The summed E-state index contributed by atoms with van der Waals surface area (Å²) >= 11 is 21.2. The highest BCUT2D eigenvalue weighted by Crippen LogP contribution is 2.37. The predicted molar refractivity (Wildman–Crippen MR) is 149 cm³/mol. The third kappa shape index (κ3) is 5.42. The van der Waals surface area contributed by atoms with Crippen LogP contribution in [0.15, 0.2) is 64.6 Å². The van der Waals surface area contributed by atoms with E-state index in [1.54, 1.807) is 30.3 Å². The maximum absolute atomic E-state index is 13.4. The highest BCUT2D eigenvalue weighted by Gasteiger charge is 2.36. The fourth-order valence-corrected chi connectivity index (χ4v) is 4.57. The van der Waals surface area contributed by atoms with Crippen molar-refractivity contribution in [1.82, 2.24) is 5.32 Å². The number of amides is 2. The van der Waals surface area contributed by atoms with Crippen molar-refractivity contribution in [3.8, 4) is 11.5 Å². The number of nitrogens with zero attached hydrogens (tertiary/aromatic N) is 1. The molecule has 0 saturated carbocycles. The van der Waals surface area contributed by atoms with Crippen molar-refractivity contribution in [1.29, 1.82) is 0 Å².